The minimum absolute atomic E-state index is 0. The Morgan fingerprint density at radius 2 is 0.750 bits per heavy atom. The summed E-state index contributed by atoms with van der Waals surface area (Å²) in [4.78, 5) is 0. The first-order chi connectivity index (χ1) is 0. The fourth-order valence-corrected chi connectivity index (χ4v) is 0. The van der Waals surface area contributed by atoms with E-state index in [-0.39, 0.29) is 54.2 Å². The molecule has 2 nitrogen and oxygen atoms in total. The van der Waals surface area contributed by atoms with Crippen molar-refractivity contribution in [1.29, 1.82) is 0 Å². The average molecular weight is 296 g/mol. The van der Waals surface area contributed by atoms with Gasteiger partial charge in [-0.05, 0) is 0 Å². The topological polar surface area (TPSA) is 57.0 Å². The van der Waals surface area contributed by atoms with Crippen molar-refractivity contribution in [3.8, 4) is 0 Å². The van der Waals surface area contributed by atoms with Crippen molar-refractivity contribution in [3.63, 3.8) is 0 Å². The Morgan fingerprint density at radius 3 is 0.750 bits per heavy atom. The largest absolute Gasteiger partial charge is 4.00 e. The summed E-state index contributed by atoms with van der Waals surface area (Å²) in [5, 5.41) is 0. The molecule has 0 aromatic rings. The fourth-order valence-electron chi connectivity index (χ4n) is 0. The molecule has 0 N–H and O–H groups in total. The summed E-state index contributed by atoms with van der Waals surface area (Å²) in [5.74, 6) is 0. The Kier molecular flexibility index (Phi) is 388. The van der Waals surface area contributed by atoms with E-state index in [1.54, 1.807) is 0 Å². The van der Waals surface area contributed by atoms with Crippen LogP contribution >= 0.6 is 0 Å². The number of hydrogen-bond donors (Lipinski definition) is 0. The Labute approximate surface area is 54.2 Å². The van der Waals surface area contributed by atoms with Gasteiger partial charge in [-0.15, -0.1) is 0 Å². The van der Waals surface area contributed by atoms with Gasteiger partial charge in [0.05, 0.1) is 0 Å². The third-order valence-corrected chi connectivity index (χ3v) is 0. The molecule has 0 aliphatic heterocycles. The molecule has 0 aliphatic carbocycles. The summed E-state index contributed by atoms with van der Waals surface area (Å²) in [6, 6.07) is 0. The summed E-state index contributed by atoms with van der Waals surface area (Å²) in [7, 11) is 0. The van der Waals surface area contributed by atoms with E-state index in [4.69, 9.17) is 0 Å². The van der Waals surface area contributed by atoms with Crippen LogP contribution in [0.5, 0.6) is 0 Å². The molecule has 0 fully saturated rings. The van der Waals surface area contributed by atoms with E-state index >= 15 is 0 Å². The van der Waals surface area contributed by atoms with E-state index in [1.807, 2.05) is 0 Å². The molecule has 0 aromatic carbocycles. The van der Waals surface area contributed by atoms with Gasteiger partial charge in [0.1, 0.15) is 0 Å². The first-order valence-corrected chi connectivity index (χ1v) is 0. The maximum atomic E-state index is 0. The summed E-state index contributed by atoms with van der Waals surface area (Å²) in [6.07, 6.45) is 0. The van der Waals surface area contributed by atoms with Crippen LogP contribution in [0.3, 0.4) is 0 Å². The Balaban J connectivity index is 0. The first-order valence-electron chi connectivity index (χ1n) is 0. The van der Waals surface area contributed by atoms with E-state index < -0.39 is 0 Å². The second-order valence-electron chi connectivity index (χ2n) is 0. The van der Waals surface area contributed by atoms with E-state index in [0.717, 1.165) is 0 Å². The predicted octanol–water partition coefficient (Wildman–Crippen LogP) is -0.621. The standard InChI is InChI=1S/Bi.Mn.2O/q;+4;2*-2. The third kappa shape index (κ3) is 10.2. The van der Waals surface area contributed by atoms with Gasteiger partial charge in [0.15, 0.2) is 0 Å². The zero-order valence-corrected chi connectivity index (χ0v) is 6.30. The SMILES string of the molecule is [Bi].[Mn+4].[O-2].[O-2]. The van der Waals surface area contributed by atoms with E-state index in [2.05, 4.69) is 0 Å². The molecule has 0 saturated carbocycles. The Morgan fingerprint density at radius 1 is 0.750 bits per heavy atom. The van der Waals surface area contributed by atoms with E-state index in [0.29, 0.717) is 0 Å². The molecule has 4 radical (unpaired) electrons. The van der Waals surface area contributed by atoms with Crippen molar-refractivity contribution in [2.24, 2.45) is 0 Å². The average Bonchev–Trinajstić information content (AvgIpc) is 0. The molecular formula is BiMnO2. The van der Waals surface area contributed by atoms with Crippen LogP contribution in [0.4, 0.5) is 0 Å². The van der Waals surface area contributed by atoms with Crippen LogP contribution in [0.25, 0.3) is 0 Å². The van der Waals surface area contributed by atoms with Crippen molar-refractivity contribution >= 4 is 26.2 Å². The van der Waals surface area contributed by atoms with Gasteiger partial charge in [-0.3, -0.25) is 0 Å². The number of rotatable bonds is 0. The quantitative estimate of drug-likeness (QED) is 0.535. The van der Waals surface area contributed by atoms with Crippen LogP contribution in [-0.2, 0) is 28.0 Å². The second-order valence-corrected chi connectivity index (χ2v) is 0. The van der Waals surface area contributed by atoms with Crippen LogP contribution in [0.15, 0.2) is 0 Å². The molecule has 4 heavy (non-hydrogen) atoms. The summed E-state index contributed by atoms with van der Waals surface area (Å²) in [5.41, 5.74) is 0. The van der Waals surface area contributed by atoms with Crippen molar-refractivity contribution < 1.29 is 28.0 Å². The fraction of sp³-hybridized carbons (Fsp3) is 0. The maximum absolute atomic E-state index is 0. The van der Waals surface area contributed by atoms with Crippen molar-refractivity contribution in [2.75, 3.05) is 0 Å². The number of hydrogen-bond acceptors (Lipinski definition) is 0. The molecule has 0 aromatic heterocycles. The van der Waals surface area contributed by atoms with Gasteiger partial charge in [0.2, 0.25) is 0 Å². The van der Waals surface area contributed by atoms with E-state index in [9.17, 15) is 0 Å². The summed E-state index contributed by atoms with van der Waals surface area (Å²) in [6.45, 7) is 0. The van der Waals surface area contributed by atoms with Crippen molar-refractivity contribution in [2.45, 2.75) is 0 Å². The molecule has 0 atom stereocenters. The van der Waals surface area contributed by atoms with Crippen LogP contribution in [-0.4, -0.2) is 26.2 Å². The molecule has 0 spiro atoms. The summed E-state index contributed by atoms with van der Waals surface area (Å²) >= 11 is 0. The molecule has 24 valence electrons. The van der Waals surface area contributed by atoms with Crippen molar-refractivity contribution in [3.05, 3.63) is 0 Å². The maximum Gasteiger partial charge on any atom is 4.00 e. The van der Waals surface area contributed by atoms with Crippen LogP contribution in [0.1, 0.15) is 0 Å². The molecular weight excluding hydrogens is 296 g/mol. The Hall–Kier alpha value is 1.32. The van der Waals surface area contributed by atoms with Gasteiger partial charge >= 0.3 is 17.1 Å². The molecule has 0 heterocycles. The molecule has 0 bridgehead atoms. The van der Waals surface area contributed by atoms with Crippen molar-refractivity contribution in [1.82, 2.24) is 0 Å². The molecule has 0 rings (SSSR count). The zero-order chi connectivity index (χ0) is 0. The third-order valence-electron chi connectivity index (χ3n) is 0. The van der Waals surface area contributed by atoms with Gasteiger partial charge in [0, 0.05) is 26.2 Å². The summed E-state index contributed by atoms with van der Waals surface area (Å²) < 4.78 is 0. The molecule has 0 amide bonds. The van der Waals surface area contributed by atoms with E-state index in [1.165, 1.54) is 0 Å². The van der Waals surface area contributed by atoms with Gasteiger partial charge in [-0.2, -0.15) is 0 Å². The van der Waals surface area contributed by atoms with Gasteiger partial charge in [-0.25, -0.2) is 0 Å². The predicted molar refractivity (Wildman–Crippen MR) is 7.13 cm³/mol. The minimum atomic E-state index is 0. The van der Waals surface area contributed by atoms with Gasteiger partial charge in [-0.1, -0.05) is 0 Å². The monoisotopic (exact) mass is 296 g/mol. The first kappa shape index (κ1) is 56.9. The van der Waals surface area contributed by atoms with Crippen LogP contribution < -0.4 is 0 Å². The molecule has 0 unspecified atom stereocenters. The minimum Gasteiger partial charge on any atom is -2.00 e. The molecule has 0 saturated heterocycles. The second kappa shape index (κ2) is 27.3. The van der Waals surface area contributed by atoms with Gasteiger partial charge in [0.25, 0.3) is 0 Å². The molecule has 0 aliphatic rings. The zero-order valence-electron chi connectivity index (χ0n) is 1.64. The molecule has 4 heteroatoms. The van der Waals surface area contributed by atoms with Gasteiger partial charge < -0.3 is 11.0 Å². The van der Waals surface area contributed by atoms with Crippen LogP contribution in [0, 0.1) is 0 Å². The Bertz CT molecular complexity index is 6.00. The normalized spacial score (nSPS) is 0. The van der Waals surface area contributed by atoms with Crippen LogP contribution in [0.2, 0.25) is 0 Å². The smallest absolute Gasteiger partial charge is 2.00 e.